The number of amides is 1. The Kier molecular flexibility index (Phi) is 3.61. The summed E-state index contributed by atoms with van der Waals surface area (Å²) in [5.41, 5.74) is 7.04. The minimum absolute atomic E-state index is 0.0743. The quantitative estimate of drug-likeness (QED) is 0.693. The molecule has 0 unspecified atom stereocenters. The smallest absolute Gasteiger partial charge is 0.259 e. The first kappa shape index (κ1) is 16.5. The van der Waals surface area contributed by atoms with E-state index in [4.69, 9.17) is 4.98 Å². The molecule has 2 aromatic heterocycles. The van der Waals surface area contributed by atoms with Gasteiger partial charge in [-0.15, -0.1) is 0 Å². The molecule has 3 aromatic rings. The number of hydrogen-bond acceptors (Lipinski definition) is 3. The number of rotatable bonds is 2. The molecule has 0 spiro atoms. The van der Waals surface area contributed by atoms with Crippen molar-refractivity contribution in [3.05, 3.63) is 52.3 Å². The van der Waals surface area contributed by atoms with Crippen LogP contribution in [0, 0.1) is 13.8 Å². The number of anilines is 1. The zero-order valence-corrected chi connectivity index (χ0v) is 16.1. The molecule has 0 atom stereocenters. The first-order valence-corrected chi connectivity index (χ1v) is 9.78. The summed E-state index contributed by atoms with van der Waals surface area (Å²) in [5, 5.41) is 5.43. The fourth-order valence-electron chi connectivity index (χ4n) is 4.30. The molecule has 1 saturated carbocycles. The summed E-state index contributed by atoms with van der Waals surface area (Å²) in [6.45, 7) is 4.83. The molecule has 1 aromatic carbocycles. The molecule has 27 heavy (non-hydrogen) atoms. The monoisotopic (exact) mass is 360 g/mol. The summed E-state index contributed by atoms with van der Waals surface area (Å²) < 4.78 is 1.81. The van der Waals surface area contributed by atoms with E-state index in [2.05, 4.69) is 30.2 Å². The van der Waals surface area contributed by atoms with Gasteiger partial charge in [0.05, 0.1) is 16.6 Å². The Labute approximate surface area is 159 Å². The zero-order valence-electron chi connectivity index (χ0n) is 16.1. The molecule has 1 amide bonds. The van der Waals surface area contributed by atoms with Gasteiger partial charge in [-0.2, -0.15) is 5.10 Å². The maximum absolute atomic E-state index is 13.7. The molecular weight excluding hydrogens is 336 g/mol. The van der Waals surface area contributed by atoms with Gasteiger partial charge in [0.25, 0.3) is 5.91 Å². The number of carbonyl (C=O) groups excluding carboxylic acids is 1. The summed E-state index contributed by atoms with van der Waals surface area (Å²) in [6.07, 6.45) is 4.35. The summed E-state index contributed by atoms with van der Waals surface area (Å²) in [6, 6.07) is 8.43. The molecule has 1 aliphatic heterocycles. The Bertz CT molecular complexity index is 1080. The Balaban J connectivity index is 1.67. The van der Waals surface area contributed by atoms with Crippen LogP contribution in [0.1, 0.15) is 58.1 Å². The lowest BCUT2D eigenvalue weighted by Crippen LogP contribution is -2.35. The average Bonchev–Trinajstić information content (AvgIpc) is 3.46. The second-order valence-corrected chi connectivity index (χ2v) is 7.97. The molecule has 1 fully saturated rings. The van der Waals surface area contributed by atoms with Gasteiger partial charge in [-0.25, -0.2) is 4.98 Å². The van der Waals surface area contributed by atoms with E-state index in [1.165, 1.54) is 11.1 Å². The van der Waals surface area contributed by atoms with Crippen LogP contribution in [0.25, 0.3) is 11.0 Å². The molecule has 5 nitrogen and oxygen atoms in total. The highest BCUT2D eigenvalue weighted by Crippen LogP contribution is 2.41. The molecular formula is C22H24N4O. The van der Waals surface area contributed by atoms with Crippen molar-refractivity contribution in [2.45, 2.75) is 45.4 Å². The lowest BCUT2D eigenvalue weighted by molar-refractivity contribution is 0.0986. The van der Waals surface area contributed by atoms with Gasteiger partial charge >= 0.3 is 0 Å². The maximum atomic E-state index is 13.7. The summed E-state index contributed by atoms with van der Waals surface area (Å²) >= 11 is 0. The van der Waals surface area contributed by atoms with Gasteiger partial charge in [-0.3, -0.25) is 9.48 Å². The standard InChI is InChI=1S/C22H24N4O/c1-13-6-9-19-16(11-13)5-4-10-26(19)22(27)17-12-18(15-7-8-15)23-21-20(17)14(2)24-25(21)3/h6,9,11-12,15H,4-5,7-8,10H2,1-3H3. The van der Waals surface area contributed by atoms with E-state index in [0.29, 0.717) is 5.92 Å². The van der Waals surface area contributed by atoms with Crippen molar-refractivity contribution in [3.63, 3.8) is 0 Å². The second-order valence-electron chi connectivity index (χ2n) is 7.97. The van der Waals surface area contributed by atoms with E-state index in [1.807, 2.05) is 24.9 Å². The number of benzene rings is 1. The highest BCUT2D eigenvalue weighted by molar-refractivity contribution is 6.14. The molecule has 0 bridgehead atoms. The average molecular weight is 360 g/mol. The fourth-order valence-corrected chi connectivity index (χ4v) is 4.30. The predicted octanol–water partition coefficient (Wildman–Crippen LogP) is 4.06. The van der Waals surface area contributed by atoms with Crippen LogP contribution in [0.3, 0.4) is 0 Å². The number of aryl methyl sites for hydroxylation is 4. The summed E-state index contributed by atoms with van der Waals surface area (Å²) in [4.78, 5) is 20.5. The van der Waals surface area contributed by atoms with Gasteiger partial charge in [0.2, 0.25) is 0 Å². The Morgan fingerprint density at radius 1 is 1.19 bits per heavy atom. The van der Waals surface area contributed by atoms with Crippen LogP contribution in [0.4, 0.5) is 5.69 Å². The predicted molar refractivity (Wildman–Crippen MR) is 106 cm³/mol. The van der Waals surface area contributed by atoms with Crippen molar-refractivity contribution in [2.75, 3.05) is 11.4 Å². The van der Waals surface area contributed by atoms with E-state index in [1.54, 1.807) is 4.68 Å². The van der Waals surface area contributed by atoms with Crippen LogP contribution in [0.2, 0.25) is 0 Å². The van der Waals surface area contributed by atoms with Crippen LogP contribution >= 0.6 is 0 Å². The molecule has 0 saturated heterocycles. The fraction of sp³-hybridized carbons (Fsp3) is 0.409. The highest BCUT2D eigenvalue weighted by atomic mass is 16.2. The Morgan fingerprint density at radius 2 is 2.00 bits per heavy atom. The van der Waals surface area contributed by atoms with E-state index in [-0.39, 0.29) is 5.91 Å². The number of nitrogens with zero attached hydrogens (tertiary/aromatic N) is 4. The van der Waals surface area contributed by atoms with Gasteiger partial charge < -0.3 is 4.90 Å². The first-order valence-electron chi connectivity index (χ1n) is 9.78. The number of hydrogen-bond donors (Lipinski definition) is 0. The number of carbonyl (C=O) groups is 1. The molecule has 5 heteroatoms. The third-order valence-corrected chi connectivity index (χ3v) is 5.81. The SMILES string of the molecule is Cc1ccc2c(c1)CCCN2C(=O)c1cc(C2CC2)nc2c1c(C)nn2C. The van der Waals surface area contributed by atoms with Gasteiger partial charge in [0.1, 0.15) is 0 Å². The topological polar surface area (TPSA) is 51.0 Å². The van der Waals surface area contributed by atoms with Crippen LogP contribution in [0.15, 0.2) is 24.3 Å². The molecule has 2 aliphatic rings. The van der Waals surface area contributed by atoms with Crippen molar-refractivity contribution in [2.24, 2.45) is 7.05 Å². The van der Waals surface area contributed by atoms with Crippen LogP contribution < -0.4 is 4.90 Å². The van der Waals surface area contributed by atoms with E-state index in [0.717, 1.165) is 65.9 Å². The van der Waals surface area contributed by atoms with Gasteiger partial charge in [-0.05, 0) is 57.2 Å². The lowest BCUT2D eigenvalue weighted by Gasteiger charge is -2.30. The molecule has 1 aliphatic carbocycles. The summed E-state index contributed by atoms with van der Waals surface area (Å²) in [5.74, 6) is 0.567. The molecule has 3 heterocycles. The van der Waals surface area contributed by atoms with Crippen molar-refractivity contribution in [3.8, 4) is 0 Å². The zero-order chi connectivity index (χ0) is 18.7. The number of fused-ring (bicyclic) bond motifs is 2. The van der Waals surface area contributed by atoms with Crippen molar-refractivity contribution < 1.29 is 4.79 Å². The van der Waals surface area contributed by atoms with Crippen LogP contribution in [-0.2, 0) is 13.5 Å². The minimum Gasteiger partial charge on any atom is -0.308 e. The van der Waals surface area contributed by atoms with Gasteiger partial charge in [0, 0.05) is 30.9 Å². The normalized spacial score (nSPS) is 16.6. The highest BCUT2D eigenvalue weighted by Gasteiger charge is 2.31. The Morgan fingerprint density at radius 3 is 2.78 bits per heavy atom. The first-order chi connectivity index (χ1) is 13.0. The molecule has 0 radical (unpaired) electrons. The van der Waals surface area contributed by atoms with Crippen molar-refractivity contribution >= 4 is 22.6 Å². The lowest BCUT2D eigenvalue weighted by atomic mass is 9.98. The molecule has 0 N–H and O–H groups in total. The van der Waals surface area contributed by atoms with Crippen molar-refractivity contribution in [1.29, 1.82) is 0 Å². The number of pyridine rings is 1. The van der Waals surface area contributed by atoms with E-state index in [9.17, 15) is 4.79 Å². The Hall–Kier alpha value is -2.69. The largest absolute Gasteiger partial charge is 0.308 e. The second kappa shape index (κ2) is 5.91. The van der Waals surface area contributed by atoms with E-state index >= 15 is 0 Å². The van der Waals surface area contributed by atoms with Crippen LogP contribution in [-0.4, -0.2) is 27.2 Å². The maximum Gasteiger partial charge on any atom is 0.259 e. The van der Waals surface area contributed by atoms with E-state index < -0.39 is 0 Å². The third kappa shape index (κ3) is 2.64. The van der Waals surface area contributed by atoms with Crippen LogP contribution in [0.5, 0.6) is 0 Å². The third-order valence-electron chi connectivity index (χ3n) is 5.81. The van der Waals surface area contributed by atoms with Crippen molar-refractivity contribution in [1.82, 2.24) is 14.8 Å². The molecule has 5 rings (SSSR count). The van der Waals surface area contributed by atoms with Gasteiger partial charge in [-0.1, -0.05) is 17.7 Å². The molecule has 138 valence electrons. The number of aromatic nitrogens is 3. The van der Waals surface area contributed by atoms with Gasteiger partial charge in [0.15, 0.2) is 5.65 Å². The minimum atomic E-state index is 0.0743. The summed E-state index contributed by atoms with van der Waals surface area (Å²) in [7, 11) is 1.91.